The number of ether oxygens (including phenoxy) is 1. The first-order valence-electron chi connectivity index (χ1n) is 8.79. The average molecular weight is 329 g/mol. The fourth-order valence-electron chi connectivity index (χ4n) is 3.50. The summed E-state index contributed by atoms with van der Waals surface area (Å²) >= 11 is 0. The van der Waals surface area contributed by atoms with Crippen LogP contribution in [0.3, 0.4) is 0 Å². The molecular weight excluding hydrogens is 306 g/mol. The van der Waals surface area contributed by atoms with Crippen LogP contribution in [0.5, 0.6) is 0 Å². The van der Waals surface area contributed by atoms with E-state index in [9.17, 15) is 4.79 Å². The van der Waals surface area contributed by atoms with Gasteiger partial charge in [0.2, 0.25) is 5.91 Å². The molecule has 1 atom stereocenters. The maximum absolute atomic E-state index is 12.3. The average Bonchev–Trinajstić information content (AvgIpc) is 3.23. The van der Waals surface area contributed by atoms with Crippen LogP contribution in [0.25, 0.3) is 0 Å². The molecule has 2 aromatic heterocycles. The predicted molar refractivity (Wildman–Crippen MR) is 88.6 cm³/mol. The van der Waals surface area contributed by atoms with E-state index in [1.54, 1.807) is 10.9 Å². The van der Waals surface area contributed by atoms with Crippen LogP contribution < -0.4 is 5.32 Å². The highest BCUT2D eigenvalue weighted by Gasteiger charge is 2.19. The molecule has 1 fully saturated rings. The Morgan fingerprint density at radius 3 is 3.08 bits per heavy atom. The first-order chi connectivity index (χ1) is 11.8. The normalized spacial score (nSPS) is 20.6. The third kappa shape index (κ3) is 3.21. The van der Waals surface area contributed by atoms with Gasteiger partial charge in [0.25, 0.3) is 0 Å². The molecular formula is C17H23N5O2. The zero-order valence-corrected chi connectivity index (χ0v) is 13.8. The maximum Gasteiger partial charge on any atom is 0.229 e. The Balaban J connectivity index is 1.38. The van der Waals surface area contributed by atoms with Gasteiger partial charge in [-0.05, 0) is 38.5 Å². The first kappa shape index (κ1) is 15.4. The molecule has 0 bridgehead atoms. The second-order valence-corrected chi connectivity index (χ2v) is 6.55. The van der Waals surface area contributed by atoms with Gasteiger partial charge >= 0.3 is 0 Å². The second-order valence-electron chi connectivity index (χ2n) is 6.55. The summed E-state index contributed by atoms with van der Waals surface area (Å²) in [6, 6.07) is 0. The van der Waals surface area contributed by atoms with Gasteiger partial charge < -0.3 is 10.1 Å². The van der Waals surface area contributed by atoms with E-state index in [1.165, 1.54) is 18.5 Å². The lowest BCUT2D eigenvalue weighted by molar-refractivity contribution is -0.115. The lowest BCUT2D eigenvalue weighted by Gasteiger charge is -2.22. The molecule has 4 rings (SSSR count). The summed E-state index contributed by atoms with van der Waals surface area (Å²) in [5.74, 6) is -0.0273. The zero-order valence-electron chi connectivity index (χ0n) is 13.8. The van der Waals surface area contributed by atoms with E-state index in [-0.39, 0.29) is 12.1 Å². The summed E-state index contributed by atoms with van der Waals surface area (Å²) < 4.78 is 9.54. The molecule has 2 aliphatic heterocycles. The number of rotatable bonds is 4. The van der Waals surface area contributed by atoms with Crippen molar-refractivity contribution in [3.05, 3.63) is 29.8 Å². The fourth-order valence-corrected chi connectivity index (χ4v) is 3.50. The number of aryl methyl sites for hydroxylation is 1. The highest BCUT2D eigenvalue weighted by atomic mass is 16.5. The molecule has 24 heavy (non-hydrogen) atoms. The minimum Gasteiger partial charge on any atom is -0.357 e. The Morgan fingerprint density at radius 2 is 2.21 bits per heavy atom. The number of hydrogen-bond donors (Lipinski definition) is 1. The highest BCUT2D eigenvalue weighted by molar-refractivity contribution is 5.92. The molecule has 1 N–H and O–H groups in total. The van der Waals surface area contributed by atoms with Gasteiger partial charge in [0.1, 0.15) is 6.23 Å². The molecule has 0 aliphatic carbocycles. The van der Waals surface area contributed by atoms with Crippen molar-refractivity contribution in [2.45, 2.75) is 57.7 Å². The Labute approximate surface area is 141 Å². The van der Waals surface area contributed by atoms with E-state index < -0.39 is 0 Å². The summed E-state index contributed by atoms with van der Waals surface area (Å²) in [4.78, 5) is 12.3. The number of carbonyl (C=O) groups is 1. The van der Waals surface area contributed by atoms with Crippen LogP contribution in [0.2, 0.25) is 0 Å². The van der Waals surface area contributed by atoms with Gasteiger partial charge in [0.15, 0.2) is 0 Å². The highest BCUT2D eigenvalue weighted by Crippen LogP contribution is 2.23. The van der Waals surface area contributed by atoms with Crippen molar-refractivity contribution in [1.29, 1.82) is 0 Å². The molecule has 128 valence electrons. The van der Waals surface area contributed by atoms with E-state index in [0.29, 0.717) is 6.42 Å². The Morgan fingerprint density at radius 1 is 1.25 bits per heavy atom. The number of carbonyl (C=O) groups excluding carboxylic acids is 1. The SMILES string of the molecule is O=C(Cc1cnn2c1CCCC2)Nc1cnn(C2CCCCO2)c1. The van der Waals surface area contributed by atoms with E-state index >= 15 is 0 Å². The van der Waals surface area contributed by atoms with Crippen molar-refractivity contribution in [2.75, 3.05) is 11.9 Å². The molecule has 7 nitrogen and oxygen atoms in total. The molecule has 0 aromatic carbocycles. The van der Waals surface area contributed by atoms with E-state index in [1.807, 2.05) is 17.1 Å². The van der Waals surface area contributed by atoms with Crippen LogP contribution >= 0.6 is 0 Å². The zero-order chi connectivity index (χ0) is 16.4. The number of amides is 1. The van der Waals surface area contributed by atoms with Gasteiger partial charge in [-0.3, -0.25) is 9.48 Å². The molecule has 2 aliphatic rings. The van der Waals surface area contributed by atoms with Gasteiger partial charge in [-0.25, -0.2) is 4.68 Å². The van der Waals surface area contributed by atoms with Gasteiger partial charge in [-0.2, -0.15) is 10.2 Å². The van der Waals surface area contributed by atoms with Crippen molar-refractivity contribution >= 4 is 11.6 Å². The van der Waals surface area contributed by atoms with E-state index in [0.717, 1.165) is 50.1 Å². The number of nitrogens with one attached hydrogen (secondary N) is 1. The molecule has 2 aromatic rings. The second kappa shape index (κ2) is 6.76. The quantitative estimate of drug-likeness (QED) is 0.934. The van der Waals surface area contributed by atoms with Gasteiger partial charge in [0.05, 0.1) is 30.7 Å². The number of fused-ring (bicyclic) bond motifs is 1. The van der Waals surface area contributed by atoms with Crippen molar-refractivity contribution < 1.29 is 9.53 Å². The number of hydrogen-bond acceptors (Lipinski definition) is 4. The largest absolute Gasteiger partial charge is 0.357 e. The summed E-state index contributed by atoms with van der Waals surface area (Å²) in [6.45, 7) is 1.74. The summed E-state index contributed by atoms with van der Waals surface area (Å²) in [6.07, 6.45) is 12.3. The Kier molecular flexibility index (Phi) is 4.34. The van der Waals surface area contributed by atoms with Gasteiger partial charge in [-0.1, -0.05) is 0 Å². The summed E-state index contributed by atoms with van der Waals surface area (Å²) in [5, 5.41) is 11.6. The molecule has 4 heterocycles. The Hall–Kier alpha value is -2.15. The summed E-state index contributed by atoms with van der Waals surface area (Å²) in [7, 11) is 0. The lowest BCUT2D eigenvalue weighted by Crippen LogP contribution is -2.18. The van der Waals surface area contributed by atoms with Crippen molar-refractivity contribution in [1.82, 2.24) is 19.6 Å². The number of anilines is 1. The molecule has 7 heteroatoms. The fraction of sp³-hybridized carbons (Fsp3) is 0.588. The van der Waals surface area contributed by atoms with Crippen LogP contribution in [0, 0.1) is 0 Å². The maximum atomic E-state index is 12.3. The van der Waals surface area contributed by atoms with Crippen LogP contribution in [0.1, 0.15) is 49.6 Å². The summed E-state index contributed by atoms with van der Waals surface area (Å²) in [5.41, 5.74) is 2.97. The molecule has 0 radical (unpaired) electrons. The predicted octanol–water partition coefficient (Wildman–Crippen LogP) is 2.30. The van der Waals surface area contributed by atoms with Crippen LogP contribution in [0.15, 0.2) is 18.6 Å². The third-order valence-corrected chi connectivity index (χ3v) is 4.76. The van der Waals surface area contributed by atoms with E-state index in [4.69, 9.17) is 4.74 Å². The number of aromatic nitrogens is 4. The standard InChI is InChI=1S/C17H23N5O2/c23-16(9-13-10-18-21-7-3-1-5-15(13)21)20-14-11-19-22(12-14)17-6-2-4-8-24-17/h10-12,17H,1-9H2,(H,20,23). The molecule has 1 amide bonds. The molecule has 1 saturated heterocycles. The molecule has 1 unspecified atom stereocenters. The van der Waals surface area contributed by atoms with Gasteiger partial charge in [0, 0.05) is 24.4 Å². The van der Waals surface area contributed by atoms with Crippen molar-refractivity contribution in [2.24, 2.45) is 0 Å². The van der Waals surface area contributed by atoms with Crippen LogP contribution in [-0.4, -0.2) is 32.1 Å². The monoisotopic (exact) mass is 329 g/mol. The lowest BCUT2D eigenvalue weighted by atomic mass is 10.0. The minimum absolute atomic E-state index is 0.00732. The minimum atomic E-state index is -0.0273. The first-order valence-corrected chi connectivity index (χ1v) is 8.79. The van der Waals surface area contributed by atoms with Crippen LogP contribution in [0.4, 0.5) is 5.69 Å². The van der Waals surface area contributed by atoms with Gasteiger partial charge in [-0.15, -0.1) is 0 Å². The Bertz CT molecular complexity index is 714. The molecule has 0 saturated carbocycles. The smallest absolute Gasteiger partial charge is 0.229 e. The molecule has 0 spiro atoms. The van der Waals surface area contributed by atoms with Crippen molar-refractivity contribution in [3.63, 3.8) is 0 Å². The van der Waals surface area contributed by atoms with E-state index in [2.05, 4.69) is 15.5 Å². The van der Waals surface area contributed by atoms with Crippen LogP contribution in [-0.2, 0) is 28.9 Å². The number of nitrogens with zero attached hydrogens (tertiary/aromatic N) is 4. The third-order valence-electron chi connectivity index (χ3n) is 4.76. The topological polar surface area (TPSA) is 74.0 Å². The van der Waals surface area contributed by atoms with Crippen molar-refractivity contribution in [3.8, 4) is 0 Å².